The highest BCUT2D eigenvalue weighted by Gasteiger charge is 2.54. The van der Waals surface area contributed by atoms with Gasteiger partial charge in [-0.3, -0.25) is 4.79 Å². The van der Waals surface area contributed by atoms with E-state index in [1.807, 2.05) is 0 Å². The molecule has 0 radical (unpaired) electrons. The molecule has 0 amide bonds. The molecule has 0 heterocycles. The summed E-state index contributed by atoms with van der Waals surface area (Å²) in [6, 6.07) is -1.61. The van der Waals surface area contributed by atoms with Gasteiger partial charge in [0.15, 0.2) is 0 Å². The van der Waals surface area contributed by atoms with Gasteiger partial charge < -0.3 is 0 Å². The molecule has 0 atom stereocenters. The number of sulfone groups is 3. The molecule has 0 aliphatic carbocycles. The molecule has 0 N–H and O–H groups in total. The summed E-state index contributed by atoms with van der Waals surface area (Å²) in [6.07, 6.45) is -1.73. The van der Waals surface area contributed by atoms with Crippen LogP contribution >= 0.6 is 0 Å². The second-order valence-electron chi connectivity index (χ2n) is 5.62. The molecule has 0 spiro atoms. The molecule has 19 heteroatoms. The minimum atomic E-state index is -6.93. The summed E-state index contributed by atoms with van der Waals surface area (Å²) in [6.45, 7) is 0.480. The Morgan fingerprint density at radius 3 is 1.19 bits per heavy atom. The zero-order valence-corrected chi connectivity index (χ0v) is 16.8. The van der Waals surface area contributed by atoms with Crippen molar-refractivity contribution in [3.63, 3.8) is 0 Å². The first-order valence-corrected chi connectivity index (χ1v) is 11.4. The topological polar surface area (TPSA) is 119 Å². The van der Waals surface area contributed by atoms with Crippen molar-refractivity contribution in [2.24, 2.45) is 0 Å². The number of benzene rings is 1. The van der Waals surface area contributed by atoms with Crippen LogP contribution in [0, 0.1) is 0 Å². The van der Waals surface area contributed by atoms with Crippen LogP contribution in [0.5, 0.6) is 0 Å². The van der Waals surface area contributed by atoms with Crippen molar-refractivity contribution in [1.82, 2.24) is 0 Å². The summed E-state index contributed by atoms with van der Waals surface area (Å²) in [5, 5.41) is 0. The molecule has 0 saturated carbocycles. The van der Waals surface area contributed by atoms with E-state index in [4.69, 9.17) is 0 Å². The highest BCUT2D eigenvalue weighted by atomic mass is 32.2. The van der Waals surface area contributed by atoms with Gasteiger partial charge in [-0.1, -0.05) is 0 Å². The maximum Gasteiger partial charge on any atom is 0.501 e. The average Bonchev–Trinajstić information content (AvgIpc) is 2.50. The molecule has 0 bridgehead atoms. The molecule has 1 aromatic rings. The number of carbonyl (C=O) groups is 1. The van der Waals surface area contributed by atoms with Gasteiger partial charge in [0.05, 0.1) is 14.7 Å². The molecule has 0 aliphatic heterocycles. The molecular formula is C12H7F9O7S3. The van der Waals surface area contributed by atoms with E-state index in [0.717, 1.165) is 0 Å². The minimum Gasteiger partial charge on any atom is -0.300 e. The van der Waals surface area contributed by atoms with Crippen LogP contribution in [0.3, 0.4) is 0 Å². The van der Waals surface area contributed by atoms with E-state index in [1.54, 1.807) is 0 Å². The van der Waals surface area contributed by atoms with Gasteiger partial charge in [0, 0.05) is 6.42 Å². The van der Waals surface area contributed by atoms with E-state index in [0.29, 0.717) is 6.92 Å². The van der Waals surface area contributed by atoms with Crippen LogP contribution in [0.2, 0.25) is 0 Å². The number of ketones is 1. The van der Waals surface area contributed by atoms with Crippen molar-refractivity contribution >= 4 is 35.3 Å². The van der Waals surface area contributed by atoms with Crippen molar-refractivity contribution in [3.05, 3.63) is 17.7 Å². The van der Waals surface area contributed by atoms with Crippen LogP contribution in [0.25, 0.3) is 0 Å². The lowest BCUT2D eigenvalue weighted by molar-refractivity contribution is -0.116. The lowest BCUT2D eigenvalue weighted by Gasteiger charge is -2.19. The zero-order valence-electron chi connectivity index (χ0n) is 14.3. The molecule has 1 aromatic carbocycles. The molecule has 0 fully saturated rings. The van der Waals surface area contributed by atoms with Crippen LogP contribution in [-0.2, 0) is 40.7 Å². The summed E-state index contributed by atoms with van der Waals surface area (Å²) >= 11 is 0. The Bertz CT molecular complexity index is 1150. The fourth-order valence-electron chi connectivity index (χ4n) is 2.04. The summed E-state index contributed by atoms with van der Waals surface area (Å²) < 4.78 is 186. The smallest absolute Gasteiger partial charge is 0.300 e. The van der Waals surface area contributed by atoms with E-state index < -0.39 is 90.6 Å². The summed E-state index contributed by atoms with van der Waals surface area (Å²) in [7, 11) is -20.7. The quantitative estimate of drug-likeness (QED) is 0.537. The highest BCUT2D eigenvalue weighted by Crippen LogP contribution is 2.42. The number of rotatable bonds is 5. The second-order valence-corrected chi connectivity index (χ2v) is 11.4. The minimum absolute atomic E-state index is 0.480. The van der Waals surface area contributed by atoms with Crippen molar-refractivity contribution in [2.75, 3.05) is 0 Å². The number of carbonyl (C=O) groups excluding carboxylic acids is 1. The number of hydrogen-bond donors (Lipinski definition) is 0. The number of halogens is 9. The lowest BCUT2D eigenvalue weighted by atomic mass is 10.1. The predicted octanol–water partition coefficient (Wildman–Crippen LogP) is 2.70. The van der Waals surface area contributed by atoms with E-state index in [-0.39, 0.29) is 0 Å². The Hall–Kier alpha value is -1.89. The molecular weight excluding hydrogens is 523 g/mol. The molecule has 178 valence electrons. The standard InChI is InChI=1S/C12H7F9O7S3/c1-5(22)2-7-8(30(25,26)11(16,17)18)3-6(29(23,24)10(13,14)15)4-9(7)31(27,28)12(19,20)21/h3-4H,2H2,1H3. The van der Waals surface area contributed by atoms with Crippen molar-refractivity contribution in [1.29, 1.82) is 0 Å². The van der Waals surface area contributed by atoms with Gasteiger partial charge in [-0.2, -0.15) is 39.5 Å². The fraction of sp³-hybridized carbons (Fsp3) is 0.417. The molecule has 0 aromatic heterocycles. The first-order valence-electron chi connectivity index (χ1n) is 6.99. The Labute approximate surface area is 167 Å². The number of alkyl halides is 9. The monoisotopic (exact) mass is 530 g/mol. The number of hydrogen-bond acceptors (Lipinski definition) is 7. The number of Topliss-reactive ketones (excluding diaryl/α,β-unsaturated/α-hetero) is 1. The molecule has 7 nitrogen and oxygen atoms in total. The van der Waals surface area contributed by atoms with Crippen molar-refractivity contribution in [2.45, 2.75) is 44.6 Å². The Kier molecular flexibility index (Phi) is 6.66. The second kappa shape index (κ2) is 7.61. The largest absolute Gasteiger partial charge is 0.501 e. The van der Waals surface area contributed by atoms with Crippen molar-refractivity contribution in [3.8, 4) is 0 Å². The van der Waals surface area contributed by atoms with Crippen LogP contribution in [0.1, 0.15) is 12.5 Å². The summed E-state index contributed by atoms with van der Waals surface area (Å²) in [4.78, 5) is 3.60. The third-order valence-corrected chi connectivity index (χ3v) is 7.94. The van der Waals surface area contributed by atoms with E-state index >= 15 is 0 Å². The SMILES string of the molecule is CC(=O)Cc1c(S(=O)(=O)C(F)(F)F)cc(S(=O)(=O)C(F)(F)F)cc1S(=O)(=O)C(F)(F)F. The maximum atomic E-state index is 12.9. The van der Waals surface area contributed by atoms with Crippen LogP contribution in [-0.4, -0.2) is 47.6 Å². The lowest BCUT2D eigenvalue weighted by Crippen LogP contribution is -2.30. The van der Waals surface area contributed by atoms with E-state index in [2.05, 4.69) is 0 Å². The summed E-state index contributed by atoms with van der Waals surface area (Å²) in [5.74, 6) is -1.40. The first-order chi connectivity index (χ1) is 13.4. The maximum absolute atomic E-state index is 12.9. The Morgan fingerprint density at radius 2 is 0.968 bits per heavy atom. The van der Waals surface area contributed by atoms with E-state index in [9.17, 15) is 69.6 Å². The van der Waals surface area contributed by atoms with Gasteiger partial charge in [-0.25, -0.2) is 25.3 Å². The van der Waals surface area contributed by atoms with E-state index in [1.165, 1.54) is 0 Å². The van der Waals surface area contributed by atoms with Crippen LogP contribution in [0.4, 0.5) is 39.5 Å². The highest BCUT2D eigenvalue weighted by molar-refractivity contribution is 7.94. The van der Waals surface area contributed by atoms with Gasteiger partial charge in [0.2, 0.25) is 0 Å². The third kappa shape index (κ3) is 4.81. The molecule has 0 saturated heterocycles. The summed E-state index contributed by atoms with van der Waals surface area (Å²) in [5.41, 5.74) is -21.2. The third-order valence-electron chi connectivity index (χ3n) is 3.37. The molecule has 0 unspecified atom stereocenters. The van der Waals surface area contributed by atoms with Crippen LogP contribution in [0.15, 0.2) is 26.8 Å². The molecule has 1 rings (SSSR count). The van der Waals surface area contributed by atoms with Gasteiger partial charge in [0.25, 0.3) is 29.5 Å². The van der Waals surface area contributed by atoms with Gasteiger partial charge >= 0.3 is 16.5 Å². The Morgan fingerprint density at radius 1 is 0.677 bits per heavy atom. The van der Waals surface area contributed by atoms with Gasteiger partial charge in [-0.05, 0) is 24.6 Å². The molecule has 0 aliphatic rings. The van der Waals surface area contributed by atoms with Crippen LogP contribution < -0.4 is 0 Å². The average molecular weight is 530 g/mol. The van der Waals surface area contributed by atoms with Crippen molar-refractivity contribution < 1.29 is 69.6 Å². The Balaban J connectivity index is 4.45. The zero-order chi connectivity index (χ0) is 25.0. The predicted molar refractivity (Wildman–Crippen MR) is 80.5 cm³/mol. The normalized spacial score (nSPS) is 14.5. The first kappa shape index (κ1) is 27.1. The molecule has 31 heavy (non-hydrogen) atoms. The van der Waals surface area contributed by atoms with Gasteiger partial charge in [0.1, 0.15) is 5.78 Å². The van der Waals surface area contributed by atoms with Gasteiger partial charge in [-0.15, -0.1) is 0 Å². The fourth-order valence-corrected chi connectivity index (χ4v) is 5.14.